The van der Waals surface area contributed by atoms with E-state index in [1.54, 1.807) is 30.0 Å². The molecular formula is C17H18F3N5O2. The van der Waals surface area contributed by atoms with Crippen LogP contribution in [0.2, 0.25) is 0 Å². The normalized spacial score (nSPS) is 13.7. The predicted molar refractivity (Wildman–Crippen MR) is 90.2 cm³/mol. The van der Waals surface area contributed by atoms with E-state index >= 15 is 0 Å². The Morgan fingerprint density at radius 1 is 1.07 bits per heavy atom. The van der Waals surface area contributed by atoms with Gasteiger partial charge in [0.15, 0.2) is 17.6 Å². The highest BCUT2D eigenvalue weighted by Gasteiger charge is 2.38. The number of hydrogen-bond acceptors (Lipinski definition) is 6. The van der Waals surface area contributed by atoms with E-state index in [0.29, 0.717) is 22.7 Å². The van der Waals surface area contributed by atoms with Gasteiger partial charge in [-0.1, -0.05) is 0 Å². The van der Waals surface area contributed by atoms with Gasteiger partial charge in [-0.3, -0.25) is 9.38 Å². The standard InChI is InChI=1S/C17H18F3N5O2/c1-10(17(18,19)20)27-14-6-5-11(7-22-14)12-9-25-13(8-21-12)23-24-15(25)16(2,3)26-4/h5-10H,1-4H3. The molecule has 144 valence electrons. The Hall–Kier alpha value is -2.75. The topological polar surface area (TPSA) is 74.4 Å². The number of rotatable bonds is 5. The maximum Gasteiger partial charge on any atom is 0.425 e. The SMILES string of the molecule is COC(C)(C)c1nnc2cnc(-c3ccc(OC(C)C(F)(F)F)nc3)cn12. The minimum Gasteiger partial charge on any atom is -0.465 e. The third-order valence-electron chi connectivity index (χ3n) is 4.13. The van der Waals surface area contributed by atoms with Crippen molar-refractivity contribution in [3.63, 3.8) is 0 Å². The van der Waals surface area contributed by atoms with Crippen LogP contribution in [0, 0.1) is 0 Å². The van der Waals surface area contributed by atoms with Crippen molar-refractivity contribution in [3.8, 4) is 17.1 Å². The lowest BCUT2D eigenvalue weighted by molar-refractivity contribution is -0.189. The first-order valence-corrected chi connectivity index (χ1v) is 8.08. The van der Waals surface area contributed by atoms with Gasteiger partial charge in [0, 0.05) is 31.1 Å². The molecule has 0 saturated carbocycles. The van der Waals surface area contributed by atoms with Gasteiger partial charge in [-0.05, 0) is 26.8 Å². The molecule has 7 nitrogen and oxygen atoms in total. The van der Waals surface area contributed by atoms with Gasteiger partial charge in [0.05, 0.1) is 11.9 Å². The summed E-state index contributed by atoms with van der Waals surface area (Å²) in [6.07, 6.45) is -1.72. The summed E-state index contributed by atoms with van der Waals surface area (Å²) in [6.45, 7) is 4.65. The smallest absolute Gasteiger partial charge is 0.425 e. The lowest BCUT2D eigenvalue weighted by Crippen LogP contribution is -2.31. The van der Waals surface area contributed by atoms with Crippen molar-refractivity contribution >= 4 is 5.65 Å². The number of fused-ring (bicyclic) bond motifs is 1. The van der Waals surface area contributed by atoms with Crippen LogP contribution in [0.4, 0.5) is 13.2 Å². The second-order valence-corrected chi connectivity index (χ2v) is 6.43. The van der Waals surface area contributed by atoms with E-state index in [1.165, 1.54) is 12.3 Å². The second kappa shape index (κ2) is 6.76. The fourth-order valence-corrected chi connectivity index (χ4v) is 2.30. The molecule has 0 aliphatic rings. The molecule has 0 bridgehead atoms. The molecule has 27 heavy (non-hydrogen) atoms. The number of halogens is 3. The van der Waals surface area contributed by atoms with Gasteiger partial charge in [0.1, 0.15) is 5.60 Å². The van der Waals surface area contributed by atoms with Crippen LogP contribution >= 0.6 is 0 Å². The molecule has 0 aliphatic heterocycles. The van der Waals surface area contributed by atoms with E-state index in [9.17, 15) is 13.2 Å². The van der Waals surface area contributed by atoms with Gasteiger partial charge in [0.2, 0.25) is 5.88 Å². The number of hydrogen-bond donors (Lipinski definition) is 0. The third kappa shape index (κ3) is 3.85. The molecule has 0 radical (unpaired) electrons. The summed E-state index contributed by atoms with van der Waals surface area (Å²) in [5.74, 6) is 0.478. The molecule has 10 heteroatoms. The quantitative estimate of drug-likeness (QED) is 0.674. The molecule has 1 atom stereocenters. The maximum absolute atomic E-state index is 12.6. The molecule has 0 aliphatic carbocycles. The number of methoxy groups -OCH3 is 1. The Bertz CT molecular complexity index is 938. The van der Waals surface area contributed by atoms with Crippen LogP contribution < -0.4 is 4.74 Å². The van der Waals surface area contributed by atoms with E-state index in [0.717, 1.165) is 6.92 Å². The first-order valence-electron chi connectivity index (χ1n) is 8.08. The second-order valence-electron chi connectivity index (χ2n) is 6.43. The Morgan fingerprint density at radius 2 is 1.81 bits per heavy atom. The van der Waals surface area contributed by atoms with Gasteiger partial charge >= 0.3 is 6.18 Å². The molecule has 0 N–H and O–H groups in total. The summed E-state index contributed by atoms with van der Waals surface area (Å²) in [7, 11) is 1.58. The van der Waals surface area contributed by atoms with Crippen LogP contribution in [0.25, 0.3) is 16.9 Å². The zero-order valence-corrected chi connectivity index (χ0v) is 15.2. The highest BCUT2D eigenvalue weighted by Crippen LogP contribution is 2.26. The van der Waals surface area contributed by atoms with Crippen LogP contribution in [-0.4, -0.2) is 44.0 Å². The van der Waals surface area contributed by atoms with Crippen LogP contribution in [0.1, 0.15) is 26.6 Å². The zero-order valence-electron chi connectivity index (χ0n) is 15.2. The summed E-state index contributed by atoms with van der Waals surface area (Å²) in [4.78, 5) is 8.24. The molecule has 1 unspecified atom stereocenters. The minimum atomic E-state index is -4.45. The minimum absolute atomic E-state index is 0.116. The third-order valence-corrected chi connectivity index (χ3v) is 4.13. The first kappa shape index (κ1) is 19.0. The van der Waals surface area contributed by atoms with Gasteiger partial charge in [-0.15, -0.1) is 10.2 Å². The van der Waals surface area contributed by atoms with Crippen LogP contribution in [-0.2, 0) is 10.3 Å². The van der Waals surface area contributed by atoms with Crippen molar-refractivity contribution in [2.45, 2.75) is 38.7 Å². The number of nitrogens with zero attached hydrogens (tertiary/aromatic N) is 5. The van der Waals surface area contributed by atoms with Crippen LogP contribution in [0.5, 0.6) is 5.88 Å². The molecule has 3 aromatic rings. The van der Waals surface area contributed by atoms with Crippen molar-refractivity contribution in [3.05, 3.63) is 36.5 Å². The predicted octanol–water partition coefficient (Wildman–Crippen LogP) is 3.40. The Kier molecular flexibility index (Phi) is 4.77. The molecule has 0 aromatic carbocycles. The van der Waals surface area contributed by atoms with Crippen molar-refractivity contribution in [1.29, 1.82) is 0 Å². The average molecular weight is 381 g/mol. The summed E-state index contributed by atoms with van der Waals surface area (Å²) in [6, 6.07) is 2.96. The fraction of sp³-hybridized carbons (Fsp3) is 0.412. The Morgan fingerprint density at radius 3 is 2.41 bits per heavy atom. The van der Waals surface area contributed by atoms with Gasteiger partial charge in [0.25, 0.3) is 0 Å². The van der Waals surface area contributed by atoms with E-state index in [4.69, 9.17) is 9.47 Å². The summed E-state index contributed by atoms with van der Waals surface area (Å²) in [5, 5.41) is 8.21. The number of alkyl halides is 3. The van der Waals surface area contributed by atoms with Crippen molar-refractivity contribution in [1.82, 2.24) is 24.6 Å². The lowest BCUT2D eigenvalue weighted by Gasteiger charge is -2.20. The number of ether oxygens (including phenoxy) is 2. The molecule has 3 heterocycles. The summed E-state index contributed by atoms with van der Waals surface area (Å²) >= 11 is 0. The average Bonchev–Trinajstić information content (AvgIpc) is 3.05. The highest BCUT2D eigenvalue weighted by atomic mass is 19.4. The molecule has 0 amide bonds. The van der Waals surface area contributed by atoms with Crippen molar-refractivity contribution in [2.75, 3.05) is 7.11 Å². The number of aromatic nitrogens is 5. The van der Waals surface area contributed by atoms with Gasteiger partial charge in [-0.2, -0.15) is 13.2 Å². The van der Waals surface area contributed by atoms with E-state index in [1.807, 2.05) is 13.8 Å². The molecule has 0 fully saturated rings. The van der Waals surface area contributed by atoms with Crippen molar-refractivity contribution in [2.24, 2.45) is 0 Å². The largest absolute Gasteiger partial charge is 0.465 e. The Labute approximate surface area is 153 Å². The molecule has 0 spiro atoms. The van der Waals surface area contributed by atoms with Crippen molar-refractivity contribution < 1.29 is 22.6 Å². The first-order chi connectivity index (χ1) is 12.6. The highest BCUT2D eigenvalue weighted by molar-refractivity contribution is 5.59. The van der Waals surface area contributed by atoms with Gasteiger partial charge < -0.3 is 9.47 Å². The molecule has 3 aromatic heterocycles. The Balaban J connectivity index is 1.90. The summed E-state index contributed by atoms with van der Waals surface area (Å²) < 4.78 is 49.7. The van der Waals surface area contributed by atoms with Crippen LogP contribution in [0.3, 0.4) is 0 Å². The lowest BCUT2D eigenvalue weighted by atomic mass is 10.1. The zero-order chi connectivity index (χ0) is 19.8. The monoisotopic (exact) mass is 381 g/mol. The fourth-order valence-electron chi connectivity index (χ4n) is 2.30. The number of pyridine rings is 1. The van der Waals surface area contributed by atoms with E-state index in [2.05, 4.69) is 20.2 Å². The van der Waals surface area contributed by atoms with Gasteiger partial charge in [-0.25, -0.2) is 4.98 Å². The molecule has 0 saturated heterocycles. The van der Waals surface area contributed by atoms with E-state index < -0.39 is 17.9 Å². The van der Waals surface area contributed by atoms with Crippen LogP contribution in [0.15, 0.2) is 30.7 Å². The summed E-state index contributed by atoms with van der Waals surface area (Å²) in [5.41, 5.74) is 1.05. The molecular weight excluding hydrogens is 363 g/mol. The molecule has 3 rings (SSSR count). The van der Waals surface area contributed by atoms with E-state index in [-0.39, 0.29) is 5.88 Å². The maximum atomic E-state index is 12.6.